The van der Waals surface area contributed by atoms with Gasteiger partial charge in [0.05, 0.1) is 11.6 Å². The van der Waals surface area contributed by atoms with Crippen molar-refractivity contribution in [1.82, 2.24) is 9.80 Å². The molecule has 0 spiro atoms. The van der Waals surface area contributed by atoms with Crippen LogP contribution >= 0.6 is 0 Å². The molecule has 0 atom stereocenters. The van der Waals surface area contributed by atoms with Crippen LogP contribution in [0.25, 0.3) is 0 Å². The molecule has 0 aromatic heterocycles. The summed E-state index contributed by atoms with van der Waals surface area (Å²) in [5.41, 5.74) is 3.37. The average Bonchev–Trinajstić information content (AvgIpc) is 3.09. The van der Waals surface area contributed by atoms with Crippen LogP contribution in [0.3, 0.4) is 0 Å². The molecule has 1 fully saturated rings. The molecule has 1 saturated heterocycles. The van der Waals surface area contributed by atoms with E-state index in [0.29, 0.717) is 30.0 Å². The van der Waals surface area contributed by atoms with E-state index in [4.69, 9.17) is 4.74 Å². The van der Waals surface area contributed by atoms with Gasteiger partial charge in [0.1, 0.15) is 12.4 Å². The molecule has 1 aliphatic heterocycles. The van der Waals surface area contributed by atoms with Crippen molar-refractivity contribution in [1.29, 1.82) is 5.26 Å². The van der Waals surface area contributed by atoms with Crippen molar-refractivity contribution in [3.63, 3.8) is 0 Å². The highest BCUT2D eigenvalue weighted by atomic mass is 16.5. The van der Waals surface area contributed by atoms with Gasteiger partial charge in [0, 0.05) is 43.9 Å². The van der Waals surface area contributed by atoms with Crippen LogP contribution in [0.4, 0.5) is 0 Å². The van der Waals surface area contributed by atoms with Gasteiger partial charge in [-0.3, -0.25) is 9.69 Å². The summed E-state index contributed by atoms with van der Waals surface area (Å²) in [6, 6.07) is 27.4. The first kappa shape index (κ1) is 21.6. The monoisotopic (exact) mass is 425 g/mol. The second kappa shape index (κ2) is 10.6. The number of nitrogens with zero attached hydrogens (tertiary/aromatic N) is 3. The Balaban J connectivity index is 1.36. The maximum Gasteiger partial charge on any atom is 0.254 e. The highest BCUT2D eigenvalue weighted by Crippen LogP contribution is 2.19. The predicted octanol–water partition coefficient (Wildman–Crippen LogP) is 4.49. The fourth-order valence-electron chi connectivity index (χ4n) is 3.99. The summed E-state index contributed by atoms with van der Waals surface area (Å²) in [7, 11) is 0. The molecule has 0 bridgehead atoms. The normalized spacial score (nSPS) is 14.4. The number of rotatable bonds is 6. The van der Waals surface area contributed by atoms with E-state index < -0.39 is 0 Å². The number of nitriles is 1. The SMILES string of the molecule is N#Cc1ccccc1COc1cccc(C(=O)N2CCCN(Cc3ccccc3)CC2)c1. The number of amides is 1. The Morgan fingerprint density at radius 1 is 0.906 bits per heavy atom. The van der Waals surface area contributed by atoms with E-state index in [1.54, 1.807) is 12.1 Å². The summed E-state index contributed by atoms with van der Waals surface area (Å²) in [6.07, 6.45) is 0.958. The van der Waals surface area contributed by atoms with E-state index in [0.717, 1.165) is 38.2 Å². The smallest absolute Gasteiger partial charge is 0.254 e. The lowest BCUT2D eigenvalue weighted by atomic mass is 10.1. The van der Waals surface area contributed by atoms with Crippen molar-refractivity contribution in [2.75, 3.05) is 26.2 Å². The number of hydrogen-bond acceptors (Lipinski definition) is 4. The van der Waals surface area contributed by atoms with E-state index in [-0.39, 0.29) is 5.91 Å². The lowest BCUT2D eigenvalue weighted by Crippen LogP contribution is -2.35. The Bertz CT molecular complexity index is 1090. The first-order valence-corrected chi connectivity index (χ1v) is 11.0. The van der Waals surface area contributed by atoms with Crippen LogP contribution in [0, 0.1) is 11.3 Å². The number of ether oxygens (including phenoxy) is 1. The Kier molecular flexibility index (Phi) is 7.16. The minimum atomic E-state index is 0.0365. The van der Waals surface area contributed by atoms with Crippen LogP contribution in [0.2, 0.25) is 0 Å². The molecule has 5 nitrogen and oxygen atoms in total. The Labute approximate surface area is 189 Å². The number of hydrogen-bond donors (Lipinski definition) is 0. The molecular formula is C27H27N3O2. The molecule has 0 unspecified atom stereocenters. The van der Waals surface area contributed by atoms with E-state index in [9.17, 15) is 10.1 Å². The molecular weight excluding hydrogens is 398 g/mol. The number of carbonyl (C=O) groups excluding carboxylic acids is 1. The molecule has 0 N–H and O–H groups in total. The average molecular weight is 426 g/mol. The second-order valence-electron chi connectivity index (χ2n) is 7.99. The topological polar surface area (TPSA) is 56.6 Å². The first-order valence-electron chi connectivity index (χ1n) is 11.0. The quantitative estimate of drug-likeness (QED) is 0.584. The van der Waals surface area contributed by atoms with Crippen LogP contribution < -0.4 is 4.74 Å². The van der Waals surface area contributed by atoms with Crippen LogP contribution in [0.5, 0.6) is 5.75 Å². The van der Waals surface area contributed by atoms with E-state index in [1.165, 1.54) is 5.56 Å². The summed E-state index contributed by atoms with van der Waals surface area (Å²) < 4.78 is 5.89. The molecule has 3 aromatic rings. The molecule has 1 amide bonds. The van der Waals surface area contributed by atoms with Crippen molar-refractivity contribution in [2.45, 2.75) is 19.6 Å². The Morgan fingerprint density at radius 3 is 2.56 bits per heavy atom. The zero-order chi connectivity index (χ0) is 22.2. The zero-order valence-electron chi connectivity index (χ0n) is 18.1. The predicted molar refractivity (Wildman–Crippen MR) is 124 cm³/mol. The maximum absolute atomic E-state index is 13.2. The van der Waals surface area contributed by atoms with Crippen LogP contribution in [0.1, 0.15) is 33.5 Å². The van der Waals surface area contributed by atoms with Crippen LogP contribution in [-0.4, -0.2) is 41.9 Å². The molecule has 32 heavy (non-hydrogen) atoms. The largest absolute Gasteiger partial charge is 0.489 e. The third-order valence-corrected chi connectivity index (χ3v) is 5.74. The fraction of sp³-hybridized carbons (Fsp3) is 0.259. The van der Waals surface area contributed by atoms with E-state index in [1.807, 2.05) is 47.4 Å². The number of carbonyl (C=O) groups is 1. The third-order valence-electron chi connectivity index (χ3n) is 5.74. The Hall–Kier alpha value is -3.62. The van der Waals surface area contributed by atoms with Crippen molar-refractivity contribution < 1.29 is 9.53 Å². The van der Waals surface area contributed by atoms with E-state index in [2.05, 4.69) is 35.2 Å². The van der Waals surface area contributed by atoms with E-state index >= 15 is 0 Å². The van der Waals surface area contributed by atoms with Crippen LogP contribution in [-0.2, 0) is 13.2 Å². The molecule has 0 radical (unpaired) electrons. The molecule has 3 aromatic carbocycles. The minimum Gasteiger partial charge on any atom is -0.489 e. The van der Waals surface area contributed by atoms with Crippen molar-refractivity contribution in [3.8, 4) is 11.8 Å². The lowest BCUT2D eigenvalue weighted by molar-refractivity contribution is 0.0760. The van der Waals surface area contributed by atoms with Gasteiger partial charge in [-0.05, 0) is 36.2 Å². The number of benzene rings is 3. The molecule has 1 aliphatic rings. The minimum absolute atomic E-state index is 0.0365. The summed E-state index contributed by atoms with van der Waals surface area (Å²) in [6.45, 7) is 4.52. The van der Waals surface area contributed by atoms with Crippen molar-refractivity contribution in [2.24, 2.45) is 0 Å². The van der Waals surface area contributed by atoms with Crippen molar-refractivity contribution in [3.05, 3.63) is 101 Å². The molecule has 0 aliphatic carbocycles. The summed E-state index contributed by atoms with van der Waals surface area (Å²) in [5.74, 6) is 0.665. The van der Waals surface area contributed by atoms with Gasteiger partial charge < -0.3 is 9.64 Å². The highest BCUT2D eigenvalue weighted by molar-refractivity contribution is 5.94. The Morgan fingerprint density at radius 2 is 1.72 bits per heavy atom. The molecule has 5 heteroatoms. The van der Waals surface area contributed by atoms with Gasteiger partial charge in [-0.2, -0.15) is 5.26 Å². The summed E-state index contributed by atoms with van der Waals surface area (Å²) in [4.78, 5) is 17.5. The maximum atomic E-state index is 13.2. The zero-order valence-corrected chi connectivity index (χ0v) is 18.1. The van der Waals surface area contributed by atoms with Gasteiger partial charge in [0.25, 0.3) is 5.91 Å². The van der Waals surface area contributed by atoms with Gasteiger partial charge in [0.2, 0.25) is 0 Å². The third kappa shape index (κ3) is 5.54. The summed E-state index contributed by atoms with van der Waals surface area (Å²) in [5, 5.41) is 9.24. The molecule has 4 rings (SSSR count). The standard InChI is InChI=1S/C27H27N3O2/c28-19-24-10-4-5-11-25(24)21-32-26-13-6-12-23(18-26)27(31)30-15-7-14-29(16-17-30)20-22-8-2-1-3-9-22/h1-6,8-13,18H,7,14-17,20-21H2. The van der Waals surface area contributed by atoms with Gasteiger partial charge in [-0.1, -0.05) is 54.6 Å². The van der Waals surface area contributed by atoms with Gasteiger partial charge in [0.15, 0.2) is 0 Å². The fourth-order valence-corrected chi connectivity index (χ4v) is 3.99. The lowest BCUT2D eigenvalue weighted by Gasteiger charge is -2.22. The van der Waals surface area contributed by atoms with Gasteiger partial charge >= 0.3 is 0 Å². The van der Waals surface area contributed by atoms with Crippen LogP contribution in [0.15, 0.2) is 78.9 Å². The molecule has 0 saturated carbocycles. The molecule has 162 valence electrons. The first-order chi connectivity index (χ1) is 15.7. The summed E-state index contributed by atoms with van der Waals surface area (Å²) >= 11 is 0. The van der Waals surface area contributed by atoms with Gasteiger partial charge in [-0.25, -0.2) is 0 Å². The van der Waals surface area contributed by atoms with Gasteiger partial charge in [-0.15, -0.1) is 0 Å². The second-order valence-corrected chi connectivity index (χ2v) is 7.99. The van der Waals surface area contributed by atoms with Crippen molar-refractivity contribution >= 4 is 5.91 Å². The highest BCUT2D eigenvalue weighted by Gasteiger charge is 2.20. The molecule has 1 heterocycles.